The van der Waals surface area contributed by atoms with Gasteiger partial charge in [0.2, 0.25) is 0 Å². The molecule has 0 spiro atoms. The van der Waals surface area contributed by atoms with E-state index in [0.29, 0.717) is 0 Å². The third kappa shape index (κ3) is 3.27. The second-order valence-corrected chi connectivity index (χ2v) is 5.99. The molecule has 100 valence electrons. The van der Waals surface area contributed by atoms with Crippen molar-refractivity contribution < 1.29 is 5.11 Å². The minimum absolute atomic E-state index is 0.108. The van der Waals surface area contributed by atoms with Gasteiger partial charge in [-0.3, -0.25) is 0 Å². The average molecular weight is 312 g/mol. The van der Waals surface area contributed by atoms with Gasteiger partial charge in [-0.2, -0.15) is 0 Å². The van der Waals surface area contributed by atoms with Gasteiger partial charge in [-0.1, -0.05) is 19.4 Å². The first-order valence-electron chi connectivity index (χ1n) is 6.88. The first-order valence-corrected chi connectivity index (χ1v) is 7.68. The lowest BCUT2D eigenvalue weighted by Crippen LogP contribution is -2.24. The van der Waals surface area contributed by atoms with Crippen LogP contribution in [0.1, 0.15) is 38.2 Å². The van der Waals surface area contributed by atoms with Crippen molar-refractivity contribution in [3.63, 3.8) is 0 Å². The van der Waals surface area contributed by atoms with E-state index in [9.17, 15) is 0 Å². The van der Waals surface area contributed by atoms with Crippen LogP contribution in [0, 0.1) is 5.92 Å². The van der Waals surface area contributed by atoms with Crippen LogP contribution < -0.4 is 4.90 Å². The van der Waals surface area contributed by atoms with E-state index < -0.39 is 0 Å². The second kappa shape index (κ2) is 6.58. The smallest absolute Gasteiger partial charge is 0.0682 e. The Kier molecular flexibility index (Phi) is 5.07. The summed E-state index contributed by atoms with van der Waals surface area (Å²) in [5, 5.41) is 9.14. The zero-order chi connectivity index (χ0) is 13.0. The lowest BCUT2D eigenvalue weighted by molar-refractivity contribution is 0.282. The molecule has 1 aromatic carbocycles. The molecule has 1 atom stereocenters. The Balaban J connectivity index is 2.11. The topological polar surface area (TPSA) is 23.5 Å². The Bertz CT molecular complexity index is 394. The largest absolute Gasteiger partial charge is 0.392 e. The molecule has 1 unspecified atom stereocenters. The van der Waals surface area contributed by atoms with E-state index in [0.717, 1.165) is 29.0 Å². The summed E-state index contributed by atoms with van der Waals surface area (Å²) >= 11 is 3.63. The van der Waals surface area contributed by atoms with Crippen LogP contribution in [0.2, 0.25) is 0 Å². The van der Waals surface area contributed by atoms with E-state index in [-0.39, 0.29) is 6.61 Å². The van der Waals surface area contributed by atoms with Gasteiger partial charge < -0.3 is 10.0 Å². The first-order chi connectivity index (χ1) is 8.74. The minimum atomic E-state index is 0.108. The van der Waals surface area contributed by atoms with Crippen LogP contribution in [0.15, 0.2) is 22.7 Å². The number of anilines is 1. The molecule has 0 bridgehead atoms. The molecule has 3 heteroatoms. The van der Waals surface area contributed by atoms with Crippen molar-refractivity contribution in [3.8, 4) is 0 Å². The summed E-state index contributed by atoms with van der Waals surface area (Å²) in [4.78, 5) is 2.47. The van der Waals surface area contributed by atoms with E-state index in [1.807, 2.05) is 12.1 Å². The molecule has 1 fully saturated rings. The van der Waals surface area contributed by atoms with Crippen LogP contribution in [-0.2, 0) is 6.61 Å². The summed E-state index contributed by atoms with van der Waals surface area (Å²) in [6.07, 6.45) is 5.25. The maximum atomic E-state index is 9.14. The SMILES string of the molecule is CCC1CCCN(c2ccc(CO)cc2Br)CC1. The zero-order valence-electron chi connectivity index (χ0n) is 11.0. The lowest BCUT2D eigenvalue weighted by atomic mass is 9.98. The zero-order valence-corrected chi connectivity index (χ0v) is 12.6. The highest BCUT2D eigenvalue weighted by molar-refractivity contribution is 9.10. The molecular weight excluding hydrogens is 290 g/mol. The van der Waals surface area contributed by atoms with Gasteiger partial charge in [-0.05, 0) is 58.8 Å². The number of benzene rings is 1. The summed E-state index contributed by atoms with van der Waals surface area (Å²) in [7, 11) is 0. The molecule has 18 heavy (non-hydrogen) atoms. The molecule has 0 amide bonds. The van der Waals surface area contributed by atoms with Gasteiger partial charge in [0.25, 0.3) is 0 Å². The fourth-order valence-electron chi connectivity index (χ4n) is 2.72. The third-order valence-corrected chi connectivity index (χ3v) is 4.60. The molecule has 1 aliphatic heterocycles. The standard InChI is InChI=1S/C15H22BrNO/c1-2-12-4-3-8-17(9-7-12)15-6-5-13(11-18)10-14(15)16/h5-6,10,12,18H,2-4,7-9,11H2,1H3. The van der Waals surface area contributed by atoms with E-state index in [1.165, 1.54) is 31.4 Å². The Labute approximate surface area is 118 Å². The van der Waals surface area contributed by atoms with Crippen molar-refractivity contribution >= 4 is 21.6 Å². The minimum Gasteiger partial charge on any atom is -0.392 e. The van der Waals surface area contributed by atoms with Crippen LogP contribution in [0.4, 0.5) is 5.69 Å². The van der Waals surface area contributed by atoms with Gasteiger partial charge in [-0.25, -0.2) is 0 Å². The van der Waals surface area contributed by atoms with Crippen molar-refractivity contribution in [1.29, 1.82) is 0 Å². The highest BCUT2D eigenvalue weighted by Crippen LogP contribution is 2.30. The molecule has 0 aromatic heterocycles. The normalized spacial score (nSPS) is 20.8. The predicted molar refractivity (Wildman–Crippen MR) is 79.9 cm³/mol. The number of hydrogen-bond acceptors (Lipinski definition) is 2. The summed E-state index contributed by atoms with van der Waals surface area (Å²) in [5.74, 6) is 0.894. The van der Waals surface area contributed by atoms with Crippen LogP contribution in [0.5, 0.6) is 0 Å². The molecule has 0 radical (unpaired) electrons. The van der Waals surface area contributed by atoms with Crippen LogP contribution in [0.3, 0.4) is 0 Å². The van der Waals surface area contributed by atoms with Crippen molar-refractivity contribution in [2.45, 2.75) is 39.2 Å². The molecule has 1 N–H and O–H groups in total. The van der Waals surface area contributed by atoms with E-state index in [1.54, 1.807) is 0 Å². The quantitative estimate of drug-likeness (QED) is 0.913. The van der Waals surface area contributed by atoms with Gasteiger partial charge >= 0.3 is 0 Å². The molecular formula is C15H22BrNO. The van der Waals surface area contributed by atoms with E-state index in [2.05, 4.69) is 33.8 Å². The lowest BCUT2D eigenvalue weighted by Gasteiger charge is -2.24. The van der Waals surface area contributed by atoms with Gasteiger partial charge in [0.15, 0.2) is 0 Å². The maximum Gasteiger partial charge on any atom is 0.0682 e. The Morgan fingerprint density at radius 3 is 2.83 bits per heavy atom. The number of nitrogens with zero attached hydrogens (tertiary/aromatic N) is 1. The molecule has 0 aliphatic carbocycles. The van der Waals surface area contributed by atoms with Gasteiger partial charge in [-0.15, -0.1) is 0 Å². The second-order valence-electron chi connectivity index (χ2n) is 5.14. The summed E-state index contributed by atoms with van der Waals surface area (Å²) < 4.78 is 1.10. The molecule has 2 nitrogen and oxygen atoms in total. The van der Waals surface area contributed by atoms with Crippen molar-refractivity contribution in [2.24, 2.45) is 5.92 Å². The fourth-order valence-corrected chi connectivity index (χ4v) is 3.40. The van der Waals surface area contributed by atoms with Crippen molar-refractivity contribution in [2.75, 3.05) is 18.0 Å². The number of aliphatic hydroxyl groups is 1. The first kappa shape index (κ1) is 13.9. The van der Waals surface area contributed by atoms with Crippen molar-refractivity contribution in [3.05, 3.63) is 28.2 Å². The van der Waals surface area contributed by atoms with Crippen LogP contribution in [0.25, 0.3) is 0 Å². The number of hydrogen-bond donors (Lipinski definition) is 1. The molecule has 1 aromatic rings. The highest BCUT2D eigenvalue weighted by atomic mass is 79.9. The van der Waals surface area contributed by atoms with E-state index in [4.69, 9.17) is 5.11 Å². The Morgan fingerprint density at radius 2 is 2.17 bits per heavy atom. The molecule has 1 saturated heterocycles. The molecule has 1 aliphatic rings. The Hall–Kier alpha value is -0.540. The molecule has 1 heterocycles. The Morgan fingerprint density at radius 1 is 1.33 bits per heavy atom. The van der Waals surface area contributed by atoms with E-state index >= 15 is 0 Å². The van der Waals surface area contributed by atoms with Crippen LogP contribution in [-0.4, -0.2) is 18.2 Å². The number of halogens is 1. The molecule has 2 rings (SSSR count). The predicted octanol–water partition coefficient (Wildman–Crippen LogP) is 3.96. The third-order valence-electron chi connectivity index (χ3n) is 3.96. The molecule has 0 saturated carbocycles. The summed E-state index contributed by atoms with van der Waals surface area (Å²) in [6.45, 7) is 4.70. The van der Waals surface area contributed by atoms with Gasteiger partial charge in [0.1, 0.15) is 0 Å². The summed E-state index contributed by atoms with van der Waals surface area (Å²) in [5.41, 5.74) is 2.23. The number of rotatable bonds is 3. The van der Waals surface area contributed by atoms with Crippen LogP contribution >= 0.6 is 15.9 Å². The van der Waals surface area contributed by atoms with Gasteiger partial charge in [0, 0.05) is 17.6 Å². The van der Waals surface area contributed by atoms with Gasteiger partial charge in [0.05, 0.1) is 12.3 Å². The summed E-state index contributed by atoms with van der Waals surface area (Å²) in [6, 6.07) is 6.17. The number of aliphatic hydroxyl groups excluding tert-OH is 1. The monoisotopic (exact) mass is 311 g/mol. The average Bonchev–Trinajstić information content (AvgIpc) is 2.63. The fraction of sp³-hybridized carbons (Fsp3) is 0.600. The highest BCUT2D eigenvalue weighted by Gasteiger charge is 2.17. The van der Waals surface area contributed by atoms with Crippen molar-refractivity contribution in [1.82, 2.24) is 0 Å². The maximum absolute atomic E-state index is 9.14.